The molecule has 0 spiro atoms. The third-order valence-corrected chi connectivity index (χ3v) is 4.23. The predicted octanol–water partition coefficient (Wildman–Crippen LogP) is 0.717. The number of nitro benzene ring substituents is 1. The van der Waals surface area contributed by atoms with Crippen LogP contribution in [-0.4, -0.2) is 44.2 Å². The van der Waals surface area contributed by atoms with Crippen molar-refractivity contribution in [3.8, 4) is 0 Å². The van der Waals surface area contributed by atoms with Crippen LogP contribution in [0, 0.1) is 15.9 Å². The fourth-order valence-corrected chi connectivity index (χ4v) is 3.13. The first-order chi connectivity index (χ1) is 10.2. The normalized spacial score (nSPS) is 19.1. The van der Waals surface area contributed by atoms with Gasteiger partial charge in [0, 0.05) is 13.1 Å². The maximum atomic E-state index is 14.2. The highest BCUT2D eigenvalue weighted by Crippen LogP contribution is 2.36. The molecule has 2 aliphatic heterocycles. The molecule has 0 aliphatic carbocycles. The summed E-state index contributed by atoms with van der Waals surface area (Å²) in [6.45, 7) is 4.98. The number of hydrogen-bond donors (Lipinski definition) is 1. The van der Waals surface area contributed by atoms with Crippen LogP contribution >= 0.6 is 0 Å². The second kappa shape index (κ2) is 5.85. The van der Waals surface area contributed by atoms with Crippen LogP contribution in [0.15, 0.2) is 12.1 Å². The number of nitro groups is 1. The van der Waals surface area contributed by atoms with Gasteiger partial charge in [-0.3, -0.25) is 10.1 Å². The second-order valence-electron chi connectivity index (χ2n) is 5.60. The summed E-state index contributed by atoms with van der Waals surface area (Å²) in [6.07, 6.45) is 2.09. The van der Waals surface area contributed by atoms with Gasteiger partial charge in [-0.25, -0.2) is 4.39 Å². The third kappa shape index (κ3) is 2.78. The molecule has 2 saturated heterocycles. The molecule has 0 unspecified atom stereocenters. The van der Waals surface area contributed by atoms with Gasteiger partial charge in [0.05, 0.1) is 42.9 Å². The quantitative estimate of drug-likeness (QED) is 0.659. The number of rotatable bonds is 3. The Bertz CT molecular complexity index is 540. The SMILES string of the molecule is O=[N+]([O-])c1cc(F)c(N2CCCC2)cc1N1CC[NH2+]CC1. The molecule has 0 radical (unpaired) electrons. The van der Waals surface area contributed by atoms with Crippen molar-refractivity contribution >= 4 is 17.1 Å². The van der Waals surface area contributed by atoms with E-state index in [2.05, 4.69) is 5.32 Å². The van der Waals surface area contributed by atoms with Gasteiger partial charge in [-0.2, -0.15) is 0 Å². The van der Waals surface area contributed by atoms with Crippen LogP contribution < -0.4 is 15.1 Å². The van der Waals surface area contributed by atoms with Crippen molar-refractivity contribution in [3.05, 3.63) is 28.1 Å². The van der Waals surface area contributed by atoms with E-state index in [1.54, 1.807) is 6.07 Å². The number of benzene rings is 1. The van der Waals surface area contributed by atoms with E-state index in [0.717, 1.165) is 58.2 Å². The topological polar surface area (TPSA) is 66.2 Å². The number of halogens is 1. The average Bonchev–Trinajstić information content (AvgIpc) is 3.01. The summed E-state index contributed by atoms with van der Waals surface area (Å²) in [5.41, 5.74) is 0.927. The lowest BCUT2D eigenvalue weighted by molar-refractivity contribution is -0.655. The first-order valence-electron chi connectivity index (χ1n) is 7.46. The van der Waals surface area contributed by atoms with Crippen LogP contribution in [0.4, 0.5) is 21.5 Å². The summed E-state index contributed by atoms with van der Waals surface area (Å²) in [5.74, 6) is -0.490. The Morgan fingerprint density at radius 2 is 1.67 bits per heavy atom. The highest BCUT2D eigenvalue weighted by Gasteiger charge is 2.27. The fraction of sp³-hybridized carbons (Fsp3) is 0.571. The number of quaternary nitrogens is 1. The van der Waals surface area contributed by atoms with Gasteiger partial charge in [0.2, 0.25) is 0 Å². The van der Waals surface area contributed by atoms with Gasteiger partial charge in [-0.05, 0) is 18.9 Å². The molecule has 3 rings (SSSR count). The lowest BCUT2D eigenvalue weighted by atomic mass is 10.1. The summed E-state index contributed by atoms with van der Waals surface area (Å²) in [7, 11) is 0. The van der Waals surface area contributed by atoms with Crippen molar-refractivity contribution < 1.29 is 14.6 Å². The molecule has 2 heterocycles. The van der Waals surface area contributed by atoms with Gasteiger partial charge < -0.3 is 15.1 Å². The third-order valence-electron chi connectivity index (χ3n) is 4.23. The molecule has 1 aromatic rings. The van der Waals surface area contributed by atoms with Gasteiger partial charge in [0.15, 0.2) is 5.82 Å². The maximum Gasteiger partial charge on any atom is 0.295 e. The molecule has 6 nitrogen and oxygen atoms in total. The Kier molecular flexibility index (Phi) is 3.92. The highest BCUT2D eigenvalue weighted by molar-refractivity contribution is 5.71. The smallest absolute Gasteiger partial charge is 0.295 e. The molecule has 0 atom stereocenters. The minimum atomic E-state index is -0.490. The first kappa shape index (κ1) is 14.1. The Morgan fingerprint density at radius 1 is 1.05 bits per heavy atom. The van der Waals surface area contributed by atoms with E-state index in [9.17, 15) is 14.5 Å². The van der Waals surface area contributed by atoms with Crippen LogP contribution in [0.1, 0.15) is 12.8 Å². The van der Waals surface area contributed by atoms with E-state index >= 15 is 0 Å². The molecule has 0 amide bonds. The Hall–Kier alpha value is -1.89. The fourth-order valence-electron chi connectivity index (χ4n) is 3.13. The predicted molar refractivity (Wildman–Crippen MR) is 78.4 cm³/mol. The number of piperazine rings is 1. The lowest BCUT2D eigenvalue weighted by Crippen LogP contribution is -2.89. The molecule has 0 aromatic heterocycles. The molecule has 0 saturated carbocycles. The van der Waals surface area contributed by atoms with E-state index in [4.69, 9.17) is 0 Å². The Balaban J connectivity index is 2.01. The zero-order valence-electron chi connectivity index (χ0n) is 11.9. The largest absolute Gasteiger partial charge is 0.369 e. The van der Waals surface area contributed by atoms with Gasteiger partial charge in [-0.1, -0.05) is 0 Å². The average molecular weight is 295 g/mol. The van der Waals surface area contributed by atoms with Crippen molar-refractivity contribution in [2.24, 2.45) is 0 Å². The van der Waals surface area contributed by atoms with E-state index in [1.807, 2.05) is 9.80 Å². The van der Waals surface area contributed by atoms with Crippen molar-refractivity contribution in [3.63, 3.8) is 0 Å². The van der Waals surface area contributed by atoms with Crippen molar-refractivity contribution in [1.29, 1.82) is 0 Å². The summed E-state index contributed by atoms with van der Waals surface area (Å²) in [5, 5.41) is 13.4. The zero-order chi connectivity index (χ0) is 14.8. The number of anilines is 2. The molecule has 114 valence electrons. The Labute approximate surface area is 122 Å². The van der Waals surface area contributed by atoms with E-state index in [-0.39, 0.29) is 5.69 Å². The van der Waals surface area contributed by atoms with E-state index in [1.165, 1.54) is 0 Å². The van der Waals surface area contributed by atoms with Gasteiger partial charge in [-0.15, -0.1) is 0 Å². The molecule has 21 heavy (non-hydrogen) atoms. The minimum absolute atomic E-state index is 0.127. The second-order valence-corrected chi connectivity index (χ2v) is 5.60. The van der Waals surface area contributed by atoms with Gasteiger partial charge in [0.1, 0.15) is 5.69 Å². The van der Waals surface area contributed by atoms with Crippen molar-refractivity contribution in [2.75, 3.05) is 49.1 Å². The van der Waals surface area contributed by atoms with Crippen LogP contribution in [-0.2, 0) is 0 Å². The molecule has 2 N–H and O–H groups in total. The van der Waals surface area contributed by atoms with Gasteiger partial charge in [0.25, 0.3) is 5.69 Å². The minimum Gasteiger partial charge on any atom is -0.369 e. The van der Waals surface area contributed by atoms with Crippen molar-refractivity contribution in [2.45, 2.75) is 12.8 Å². The van der Waals surface area contributed by atoms with Crippen LogP contribution in [0.3, 0.4) is 0 Å². The summed E-state index contributed by atoms with van der Waals surface area (Å²) < 4.78 is 14.2. The van der Waals surface area contributed by atoms with Crippen LogP contribution in [0.25, 0.3) is 0 Å². The summed E-state index contributed by atoms with van der Waals surface area (Å²) >= 11 is 0. The molecule has 2 aliphatic rings. The number of nitrogens with zero attached hydrogens (tertiary/aromatic N) is 3. The number of hydrogen-bond acceptors (Lipinski definition) is 4. The van der Waals surface area contributed by atoms with Crippen LogP contribution in [0.5, 0.6) is 0 Å². The molecule has 2 fully saturated rings. The maximum absolute atomic E-state index is 14.2. The summed E-state index contributed by atoms with van der Waals surface area (Å²) in [4.78, 5) is 14.7. The molecule has 0 bridgehead atoms. The summed E-state index contributed by atoms with van der Waals surface area (Å²) in [6, 6.07) is 2.76. The van der Waals surface area contributed by atoms with Gasteiger partial charge >= 0.3 is 0 Å². The molecule has 7 heteroatoms. The molecular formula is C14H20FN4O2+. The standard InChI is InChI=1S/C14H19FN4O2/c15-11-9-14(19(20)21)13(18-7-3-16-4-8-18)10-12(11)17-5-1-2-6-17/h9-10,16H,1-8H2/p+1. The lowest BCUT2D eigenvalue weighted by Gasteiger charge is -2.28. The van der Waals surface area contributed by atoms with Crippen molar-refractivity contribution in [1.82, 2.24) is 0 Å². The van der Waals surface area contributed by atoms with E-state index in [0.29, 0.717) is 11.4 Å². The molecule has 1 aromatic carbocycles. The monoisotopic (exact) mass is 295 g/mol. The van der Waals surface area contributed by atoms with Crippen LogP contribution in [0.2, 0.25) is 0 Å². The van der Waals surface area contributed by atoms with E-state index < -0.39 is 10.7 Å². The molecular weight excluding hydrogens is 275 g/mol. The zero-order valence-corrected chi connectivity index (χ0v) is 11.9. The Morgan fingerprint density at radius 3 is 2.29 bits per heavy atom. The first-order valence-corrected chi connectivity index (χ1v) is 7.46. The number of nitrogens with two attached hydrogens (primary N) is 1. The highest BCUT2D eigenvalue weighted by atomic mass is 19.1.